The Kier molecular flexibility index (Phi) is 5.30. The number of aliphatic hydroxyl groups is 1. The van der Waals surface area contributed by atoms with Crippen LogP contribution in [-0.4, -0.2) is 18.0 Å². The van der Waals surface area contributed by atoms with Crippen molar-refractivity contribution in [3.63, 3.8) is 0 Å². The van der Waals surface area contributed by atoms with Gasteiger partial charge in [0.2, 0.25) is 0 Å². The minimum atomic E-state index is -0.192. The topological polar surface area (TPSA) is 37.3 Å². The molecule has 0 bridgehead atoms. The zero-order valence-corrected chi connectivity index (χ0v) is 9.87. The van der Waals surface area contributed by atoms with Crippen LogP contribution in [0, 0.1) is 11.3 Å². The predicted molar refractivity (Wildman–Crippen MR) is 61.7 cm³/mol. The molecule has 2 heteroatoms. The van der Waals surface area contributed by atoms with Crippen LogP contribution >= 0.6 is 0 Å². The molecule has 1 unspecified atom stereocenters. The van der Waals surface area contributed by atoms with E-state index in [9.17, 15) is 9.90 Å². The maximum Gasteiger partial charge on any atom is 0.126 e. The molecule has 0 aliphatic heterocycles. The van der Waals surface area contributed by atoms with E-state index >= 15 is 0 Å². The summed E-state index contributed by atoms with van der Waals surface area (Å²) in [5.74, 6) is 0.204. The summed E-state index contributed by atoms with van der Waals surface area (Å²) in [6.07, 6.45) is 9.96. The third kappa shape index (κ3) is 3.04. The molecule has 0 saturated heterocycles. The van der Waals surface area contributed by atoms with E-state index in [4.69, 9.17) is 0 Å². The lowest BCUT2D eigenvalue weighted by atomic mass is 9.65. The number of rotatable bonds is 6. The van der Waals surface area contributed by atoms with Crippen molar-refractivity contribution in [3.8, 4) is 0 Å². The second kappa shape index (κ2) is 6.26. The highest BCUT2D eigenvalue weighted by molar-refractivity contribution is 5.60. The van der Waals surface area contributed by atoms with E-state index in [1.165, 1.54) is 6.42 Å². The van der Waals surface area contributed by atoms with Crippen molar-refractivity contribution in [2.24, 2.45) is 11.3 Å². The average molecular weight is 212 g/mol. The number of aldehydes is 1. The van der Waals surface area contributed by atoms with Gasteiger partial charge in [0.1, 0.15) is 6.29 Å². The number of aliphatic hydroxyl groups excluding tert-OH is 1. The first kappa shape index (κ1) is 12.7. The maximum absolute atomic E-state index is 11.3. The minimum Gasteiger partial charge on any atom is -0.396 e. The Morgan fingerprint density at radius 3 is 2.47 bits per heavy atom. The summed E-state index contributed by atoms with van der Waals surface area (Å²) < 4.78 is 0. The van der Waals surface area contributed by atoms with Crippen molar-refractivity contribution < 1.29 is 9.90 Å². The molecule has 1 aliphatic carbocycles. The standard InChI is InChI=1S/C13H24O2/c1-2-3-7-12(10-14)13(11-15)8-5-4-6-9-13/h11-12,14H,2-10H2,1H3. The van der Waals surface area contributed by atoms with Crippen molar-refractivity contribution >= 4 is 6.29 Å². The van der Waals surface area contributed by atoms with Gasteiger partial charge in [-0.3, -0.25) is 0 Å². The quantitative estimate of drug-likeness (QED) is 0.687. The Morgan fingerprint density at radius 2 is 2.00 bits per heavy atom. The summed E-state index contributed by atoms with van der Waals surface area (Å²) in [5, 5.41) is 9.44. The summed E-state index contributed by atoms with van der Waals surface area (Å²) in [6, 6.07) is 0. The fraction of sp³-hybridized carbons (Fsp3) is 0.923. The molecule has 0 aromatic heterocycles. The molecule has 0 aromatic carbocycles. The second-order valence-corrected chi connectivity index (χ2v) is 4.93. The van der Waals surface area contributed by atoms with E-state index in [1.54, 1.807) is 0 Å². The number of unbranched alkanes of at least 4 members (excludes halogenated alkanes) is 1. The summed E-state index contributed by atoms with van der Waals surface area (Å²) in [4.78, 5) is 11.3. The molecule has 1 saturated carbocycles. The highest BCUT2D eigenvalue weighted by atomic mass is 16.3. The van der Waals surface area contributed by atoms with Crippen molar-refractivity contribution in [2.75, 3.05) is 6.61 Å². The zero-order valence-electron chi connectivity index (χ0n) is 9.87. The Morgan fingerprint density at radius 1 is 1.33 bits per heavy atom. The van der Waals surface area contributed by atoms with Crippen molar-refractivity contribution in [1.82, 2.24) is 0 Å². The van der Waals surface area contributed by atoms with Crippen molar-refractivity contribution in [1.29, 1.82) is 0 Å². The van der Waals surface area contributed by atoms with Crippen molar-refractivity contribution in [3.05, 3.63) is 0 Å². The lowest BCUT2D eigenvalue weighted by Crippen LogP contribution is -2.36. The van der Waals surface area contributed by atoms with Gasteiger partial charge in [0, 0.05) is 12.0 Å². The molecule has 1 rings (SSSR count). The van der Waals surface area contributed by atoms with Crippen LogP contribution < -0.4 is 0 Å². The molecule has 1 fully saturated rings. The molecule has 0 radical (unpaired) electrons. The highest BCUT2D eigenvalue weighted by Gasteiger charge is 2.38. The first-order valence-electron chi connectivity index (χ1n) is 6.36. The van der Waals surface area contributed by atoms with Gasteiger partial charge in [0.15, 0.2) is 0 Å². The van der Waals surface area contributed by atoms with Crippen LogP contribution in [0.25, 0.3) is 0 Å². The molecule has 88 valence electrons. The molecule has 15 heavy (non-hydrogen) atoms. The van der Waals surface area contributed by atoms with Gasteiger partial charge in [0.05, 0.1) is 0 Å². The highest BCUT2D eigenvalue weighted by Crippen LogP contribution is 2.42. The maximum atomic E-state index is 11.3. The van der Waals surface area contributed by atoms with Crippen LogP contribution in [0.1, 0.15) is 58.3 Å². The molecule has 2 nitrogen and oxygen atoms in total. The van der Waals surface area contributed by atoms with Gasteiger partial charge in [-0.2, -0.15) is 0 Å². The molecule has 0 aromatic rings. The molecule has 1 N–H and O–H groups in total. The van der Waals surface area contributed by atoms with E-state index in [2.05, 4.69) is 6.92 Å². The van der Waals surface area contributed by atoms with E-state index in [1.807, 2.05) is 0 Å². The Hall–Kier alpha value is -0.370. The molecular formula is C13H24O2. The van der Waals surface area contributed by atoms with Gasteiger partial charge >= 0.3 is 0 Å². The van der Waals surface area contributed by atoms with E-state index in [-0.39, 0.29) is 17.9 Å². The van der Waals surface area contributed by atoms with E-state index in [0.29, 0.717) is 0 Å². The van der Waals surface area contributed by atoms with Gasteiger partial charge in [-0.25, -0.2) is 0 Å². The van der Waals surface area contributed by atoms with Crippen LogP contribution in [-0.2, 0) is 4.79 Å². The van der Waals surface area contributed by atoms with Gasteiger partial charge in [-0.1, -0.05) is 39.0 Å². The summed E-state index contributed by atoms with van der Waals surface area (Å²) >= 11 is 0. The first-order chi connectivity index (χ1) is 7.29. The fourth-order valence-corrected chi connectivity index (χ4v) is 2.84. The number of carbonyl (C=O) groups is 1. The van der Waals surface area contributed by atoms with Crippen LogP contribution in [0.3, 0.4) is 0 Å². The first-order valence-corrected chi connectivity index (χ1v) is 6.36. The van der Waals surface area contributed by atoms with Crippen LogP contribution in [0.5, 0.6) is 0 Å². The summed E-state index contributed by atoms with van der Waals surface area (Å²) in [5.41, 5.74) is -0.192. The Labute approximate surface area is 93.1 Å². The minimum absolute atomic E-state index is 0.179. The lowest BCUT2D eigenvalue weighted by Gasteiger charge is -2.38. The largest absolute Gasteiger partial charge is 0.396 e. The third-order valence-electron chi connectivity index (χ3n) is 3.96. The number of carbonyl (C=O) groups excluding carboxylic acids is 1. The number of hydrogen-bond acceptors (Lipinski definition) is 2. The van der Waals surface area contributed by atoms with Gasteiger partial charge in [-0.05, 0) is 25.2 Å². The lowest BCUT2D eigenvalue weighted by molar-refractivity contribution is -0.123. The molecule has 0 amide bonds. The zero-order chi connectivity index (χ0) is 11.1. The average Bonchev–Trinajstić information content (AvgIpc) is 2.31. The van der Waals surface area contributed by atoms with Crippen molar-refractivity contribution in [2.45, 2.75) is 58.3 Å². The van der Waals surface area contributed by atoms with Crippen LogP contribution in [0.2, 0.25) is 0 Å². The predicted octanol–water partition coefficient (Wildman–Crippen LogP) is 2.93. The smallest absolute Gasteiger partial charge is 0.126 e. The Bertz CT molecular complexity index is 183. The van der Waals surface area contributed by atoms with Gasteiger partial charge in [0.25, 0.3) is 0 Å². The Balaban J connectivity index is 2.62. The normalized spacial score (nSPS) is 22.3. The molecule has 0 spiro atoms. The number of hydrogen-bond donors (Lipinski definition) is 1. The molecular weight excluding hydrogens is 188 g/mol. The van der Waals surface area contributed by atoms with E-state index < -0.39 is 0 Å². The summed E-state index contributed by atoms with van der Waals surface area (Å²) in [6.45, 7) is 2.33. The van der Waals surface area contributed by atoms with Gasteiger partial charge < -0.3 is 9.90 Å². The fourth-order valence-electron chi connectivity index (χ4n) is 2.84. The van der Waals surface area contributed by atoms with E-state index in [0.717, 1.165) is 51.2 Å². The second-order valence-electron chi connectivity index (χ2n) is 4.93. The monoisotopic (exact) mass is 212 g/mol. The molecule has 1 atom stereocenters. The molecule has 1 aliphatic rings. The summed E-state index contributed by atoms with van der Waals surface area (Å²) in [7, 11) is 0. The van der Waals surface area contributed by atoms with Crippen LogP contribution in [0.4, 0.5) is 0 Å². The van der Waals surface area contributed by atoms with Gasteiger partial charge in [-0.15, -0.1) is 0 Å². The third-order valence-corrected chi connectivity index (χ3v) is 3.96. The molecule has 0 heterocycles. The SMILES string of the molecule is CCCCC(CO)C1(C=O)CCCCC1. The van der Waals surface area contributed by atoms with Crippen LogP contribution in [0.15, 0.2) is 0 Å².